The minimum absolute atomic E-state index is 0.0182. The van der Waals surface area contributed by atoms with Crippen LogP contribution >= 0.6 is 11.6 Å². The van der Waals surface area contributed by atoms with Gasteiger partial charge in [-0.25, -0.2) is 4.39 Å². The highest BCUT2D eigenvalue weighted by molar-refractivity contribution is 6.30. The second-order valence-electron chi connectivity index (χ2n) is 4.00. The summed E-state index contributed by atoms with van der Waals surface area (Å²) >= 11 is 5.65. The fourth-order valence-corrected chi connectivity index (χ4v) is 1.90. The van der Waals surface area contributed by atoms with Gasteiger partial charge in [0.2, 0.25) is 0 Å². The summed E-state index contributed by atoms with van der Waals surface area (Å²) in [7, 11) is 1.43. The molecule has 0 radical (unpaired) electrons. The summed E-state index contributed by atoms with van der Waals surface area (Å²) in [6, 6.07) is 8.79. The van der Waals surface area contributed by atoms with Gasteiger partial charge in [0.05, 0.1) is 12.8 Å². The number of methoxy groups -OCH3 is 1. The summed E-state index contributed by atoms with van der Waals surface area (Å²) in [5.41, 5.74) is 6.18. The highest BCUT2D eigenvalue weighted by Crippen LogP contribution is 2.26. The van der Waals surface area contributed by atoms with E-state index in [-0.39, 0.29) is 22.0 Å². The first kappa shape index (κ1) is 14.1. The monoisotopic (exact) mass is 294 g/mol. The van der Waals surface area contributed by atoms with Crippen LogP contribution in [0.2, 0.25) is 5.02 Å². The molecule has 0 saturated carbocycles. The van der Waals surface area contributed by atoms with Crippen molar-refractivity contribution in [3.8, 4) is 5.75 Å². The lowest BCUT2D eigenvalue weighted by atomic mass is 10.1. The van der Waals surface area contributed by atoms with E-state index in [1.807, 2.05) is 0 Å². The number of amides is 1. The Bertz CT molecular complexity index is 662. The zero-order chi connectivity index (χ0) is 14.7. The number of hydrogen-bond acceptors (Lipinski definition) is 3. The van der Waals surface area contributed by atoms with Crippen molar-refractivity contribution in [2.24, 2.45) is 0 Å². The third-order valence-electron chi connectivity index (χ3n) is 2.68. The molecule has 0 fully saturated rings. The number of rotatable bonds is 3. The molecule has 2 rings (SSSR count). The maximum absolute atomic E-state index is 13.6. The number of benzene rings is 2. The zero-order valence-corrected chi connectivity index (χ0v) is 11.4. The molecule has 0 saturated heterocycles. The van der Waals surface area contributed by atoms with Crippen LogP contribution in [0.25, 0.3) is 0 Å². The van der Waals surface area contributed by atoms with E-state index in [9.17, 15) is 9.18 Å². The maximum Gasteiger partial charge on any atom is 0.261 e. The molecule has 0 aliphatic carbocycles. The van der Waals surface area contributed by atoms with Crippen molar-refractivity contribution in [2.45, 2.75) is 0 Å². The predicted octanol–water partition coefficient (Wildman–Crippen LogP) is 3.32. The molecule has 0 spiro atoms. The van der Waals surface area contributed by atoms with Crippen LogP contribution < -0.4 is 15.8 Å². The van der Waals surface area contributed by atoms with E-state index in [4.69, 9.17) is 22.1 Å². The van der Waals surface area contributed by atoms with Crippen molar-refractivity contribution < 1.29 is 13.9 Å². The number of hydrogen-bond donors (Lipinski definition) is 2. The number of nitrogens with one attached hydrogen (secondary N) is 1. The standard InChI is InChI=1S/C14H12ClFN2O2/c1-20-12-4-2-3-10(17)13(12)14(19)18-11-6-5-8(15)7-9(11)16/h2-7H,17H2,1H3,(H,18,19). The Balaban J connectivity index is 2.33. The minimum Gasteiger partial charge on any atom is -0.496 e. The molecule has 0 heterocycles. The van der Waals surface area contributed by atoms with E-state index in [0.717, 1.165) is 6.07 Å². The highest BCUT2D eigenvalue weighted by Gasteiger charge is 2.17. The summed E-state index contributed by atoms with van der Waals surface area (Å²) in [5.74, 6) is -0.864. The summed E-state index contributed by atoms with van der Waals surface area (Å²) in [4.78, 5) is 12.2. The number of ether oxygens (including phenoxy) is 1. The Morgan fingerprint density at radius 2 is 2.10 bits per heavy atom. The van der Waals surface area contributed by atoms with Crippen LogP contribution in [0.1, 0.15) is 10.4 Å². The van der Waals surface area contributed by atoms with Gasteiger partial charge in [0, 0.05) is 10.7 Å². The van der Waals surface area contributed by atoms with E-state index in [1.54, 1.807) is 18.2 Å². The molecule has 3 N–H and O–H groups in total. The van der Waals surface area contributed by atoms with Gasteiger partial charge in [-0.05, 0) is 30.3 Å². The zero-order valence-electron chi connectivity index (χ0n) is 10.6. The average Bonchev–Trinajstić information content (AvgIpc) is 2.41. The van der Waals surface area contributed by atoms with Crippen LogP contribution in [0.15, 0.2) is 36.4 Å². The van der Waals surface area contributed by atoms with Crippen LogP contribution in [-0.4, -0.2) is 13.0 Å². The number of nitrogen functional groups attached to an aromatic ring is 1. The minimum atomic E-state index is -0.626. The van der Waals surface area contributed by atoms with Crippen molar-refractivity contribution in [2.75, 3.05) is 18.2 Å². The summed E-state index contributed by atoms with van der Waals surface area (Å²) in [6.07, 6.45) is 0. The summed E-state index contributed by atoms with van der Waals surface area (Å²) in [5, 5.41) is 2.68. The van der Waals surface area contributed by atoms with Gasteiger partial charge in [0.15, 0.2) is 0 Å². The van der Waals surface area contributed by atoms with E-state index in [0.29, 0.717) is 5.75 Å². The third kappa shape index (κ3) is 2.83. The Morgan fingerprint density at radius 3 is 2.75 bits per heavy atom. The topological polar surface area (TPSA) is 64.3 Å². The SMILES string of the molecule is COc1cccc(N)c1C(=O)Nc1ccc(Cl)cc1F. The molecule has 0 aromatic heterocycles. The molecule has 6 heteroatoms. The molecule has 0 atom stereocenters. The molecule has 0 bridgehead atoms. The number of carbonyl (C=O) groups is 1. The van der Waals surface area contributed by atoms with Crippen molar-refractivity contribution in [1.29, 1.82) is 0 Å². The molecule has 2 aromatic carbocycles. The van der Waals surface area contributed by atoms with Crippen molar-refractivity contribution in [1.82, 2.24) is 0 Å². The quantitative estimate of drug-likeness (QED) is 0.854. The molecule has 4 nitrogen and oxygen atoms in total. The van der Waals surface area contributed by atoms with Gasteiger partial charge in [-0.15, -0.1) is 0 Å². The fraction of sp³-hybridized carbons (Fsp3) is 0.0714. The first-order valence-electron chi connectivity index (χ1n) is 5.72. The van der Waals surface area contributed by atoms with Crippen molar-refractivity contribution in [3.63, 3.8) is 0 Å². The molecular formula is C14H12ClFN2O2. The van der Waals surface area contributed by atoms with Crippen molar-refractivity contribution >= 4 is 28.9 Å². The Labute approximate surface area is 120 Å². The fourth-order valence-electron chi connectivity index (χ4n) is 1.74. The van der Waals surface area contributed by atoms with Crippen LogP contribution in [0.5, 0.6) is 5.75 Å². The van der Waals surface area contributed by atoms with Gasteiger partial charge in [0.1, 0.15) is 17.1 Å². The highest BCUT2D eigenvalue weighted by atomic mass is 35.5. The summed E-state index contributed by atoms with van der Waals surface area (Å²) < 4.78 is 18.7. The maximum atomic E-state index is 13.6. The number of halogens is 2. The lowest BCUT2D eigenvalue weighted by Crippen LogP contribution is -2.16. The first-order chi connectivity index (χ1) is 9.52. The molecule has 20 heavy (non-hydrogen) atoms. The second-order valence-corrected chi connectivity index (χ2v) is 4.44. The van der Waals surface area contributed by atoms with Gasteiger partial charge >= 0.3 is 0 Å². The molecule has 104 valence electrons. The van der Waals surface area contributed by atoms with Gasteiger partial charge in [-0.2, -0.15) is 0 Å². The lowest BCUT2D eigenvalue weighted by molar-refractivity contribution is 0.102. The Kier molecular flexibility index (Phi) is 4.10. The smallest absolute Gasteiger partial charge is 0.261 e. The molecule has 0 aliphatic heterocycles. The van der Waals surface area contributed by atoms with Crippen LogP contribution in [0, 0.1) is 5.82 Å². The van der Waals surface area contributed by atoms with Gasteiger partial charge in [-0.3, -0.25) is 4.79 Å². The largest absolute Gasteiger partial charge is 0.496 e. The van der Waals surface area contributed by atoms with E-state index in [2.05, 4.69) is 5.32 Å². The molecule has 0 unspecified atom stereocenters. The molecule has 2 aromatic rings. The van der Waals surface area contributed by atoms with E-state index in [1.165, 1.54) is 19.2 Å². The normalized spacial score (nSPS) is 10.2. The third-order valence-corrected chi connectivity index (χ3v) is 2.92. The number of anilines is 2. The van der Waals surface area contributed by atoms with Crippen molar-refractivity contribution in [3.05, 3.63) is 52.8 Å². The average molecular weight is 295 g/mol. The lowest BCUT2D eigenvalue weighted by Gasteiger charge is -2.12. The number of nitrogens with two attached hydrogens (primary N) is 1. The second kappa shape index (κ2) is 5.79. The Morgan fingerprint density at radius 1 is 1.35 bits per heavy atom. The number of carbonyl (C=O) groups excluding carboxylic acids is 1. The van der Waals surface area contributed by atoms with E-state index >= 15 is 0 Å². The van der Waals surface area contributed by atoms with Gasteiger partial charge in [-0.1, -0.05) is 17.7 Å². The van der Waals surface area contributed by atoms with Crippen LogP contribution in [0.4, 0.5) is 15.8 Å². The molecular weight excluding hydrogens is 283 g/mol. The molecule has 0 aliphatic rings. The van der Waals surface area contributed by atoms with Gasteiger partial charge < -0.3 is 15.8 Å². The predicted molar refractivity (Wildman–Crippen MR) is 76.8 cm³/mol. The first-order valence-corrected chi connectivity index (χ1v) is 6.09. The van der Waals surface area contributed by atoms with Gasteiger partial charge in [0.25, 0.3) is 5.91 Å². The van der Waals surface area contributed by atoms with Crippen LogP contribution in [0.3, 0.4) is 0 Å². The summed E-state index contributed by atoms with van der Waals surface area (Å²) in [6.45, 7) is 0. The molecule has 1 amide bonds. The Hall–Kier alpha value is -2.27. The van der Waals surface area contributed by atoms with Crippen LogP contribution in [-0.2, 0) is 0 Å². The van der Waals surface area contributed by atoms with E-state index < -0.39 is 11.7 Å².